The Morgan fingerprint density at radius 1 is 1.17 bits per heavy atom. The van der Waals surface area contributed by atoms with Crippen molar-refractivity contribution in [3.8, 4) is 0 Å². The first-order chi connectivity index (χ1) is 14.0. The van der Waals surface area contributed by atoms with Crippen molar-refractivity contribution in [1.82, 2.24) is 0 Å². The second-order valence-electron chi connectivity index (χ2n) is 8.95. The van der Waals surface area contributed by atoms with Crippen molar-refractivity contribution in [3.63, 3.8) is 0 Å². The van der Waals surface area contributed by atoms with E-state index in [4.69, 9.17) is 13.9 Å². The second-order valence-corrected chi connectivity index (χ2v) is 13.7. The summed E-state index contributed by atoms with van der Waals surface area (Å²) in [4.78, 5) is 11.7. The number of rotatable bonds is 12. The lowest BCUT2D eigenvalue weighted by Gasteiger charge is -2.38. The summed E-state index contributed by atoms with van der Waals surface area (Å²) in [5, 5.41) is 0.0454. The molecule has 2 atom stereocenters. The van der Waals surface area contributed by atoms with Gasteiger partial charge in [-0.3, -0.25) is 4.79 Å². The van der Waals surface area contributed by atoms with Gasteiger partial charge in [0, 0.05) is 6.92 Å². The molecule has 0 aliphatic carbocycles. The van der Waals surface area contributed by atoms with Crippen LogP contribution in [0.1, 0.15) is 46.1 Å². The van der Waals surface area contributed by atoms with Gasteiger partial charge in [0.2, 0.25) is 14.6 Å². The topological polar surface area (TPSA) is 44.8 Å². The predicted octanol–water partition coefficient (Wildman–Crippen LogP) is 6.56. The highest BCUT2D eigenvalue weighted by atomic mass is 28.4. The molecule has 0 aliphatic rings. The number of hydrogen-bond donors (Lipinski definition) is 0. The van der Waals surface area contributed by atoms with E-state index in [1.54, 1.807) is 6.08 Å². The van der Waals surface area contributed by atoms with Gasteiger partial charge in [-0.2, -0.15) is 0 Å². The smallest absolute Gasteiger partial charge is 0.304 e. The molecule has 30 heavy (non-hydrogen) atoms. The maximum absolute atomic E-state index is 11.7. The summed E-state index contributed by atoms with van der Waals surface area (Å²) >= 11 is 0. The van der Waals surface area contributed by atoms with Crippen molar-refractivity contribution < 1.29 is 18.7 Å². The standard InChI is InChI=1S/C25H38O4Si/c1-9-14-22(18-21-16-12-11-13-17-21)28-24(27-20(3)26)19-23(15-10-2)29-30(7,8)25(4,5)6/h9-13,15-17,22,24H,1-2,14,18-19H2,3-8H3/b23-15+/t22-,24?/m0/s1. The van der Waals surface area contributed by atoms with Crippen molar-refractivity contribution >= 4 is 14.3 Å². The first-order valence-corrected chi connectivity index (χ1v) is 13.4. The van der Waals surface area contributed by atoms with E-state index in [2.05, 4.69) is 59.2 Å². The highest BCUT2D eigenvalue weighted by Crippen LogP contribution is 2.38. The minimum absolute atomic E-state index is 0.0454. The monoisotopic (exact) mass is 430 g/mol. The quantitative estimate of drug-likeness (QED) is 0.0940. The summed E-state index contributed by atoms with van der Waals surface area (Å²) in [6.07, 6.45) is 6.13. The van der Waals surface area contributed by atoms with E-state index in [9.17, 15) is 4.79 Å². The van der Waals surface area contributed by atoms with E-state index in [0.29, 0.717) is 19.3 Å². The zero-order chi connectivity index (χ0) is 22.8. The number of esters is 1. The Labute approximate surface area is 183 Å². The molecule has 4 nitrogen and oxygen atoms in total. The summed E-state index contributed by atoms with van der Waals surface area (Å²) in [6.45, 7) is 20.0. The maximum atomic E-state index is 11.7. The Bertz CT molecular complexity index is 716. The molecule has 0 fully saturated rings. The molecule has 0 bridgehead atoms. The third kappa shape index (κ3) is 9.14. The molecule has 0 N–H and O–H groups in total. The molecule has 0 saturated heterocycles. The summed E-state index contributed by atoms with van der Waals surface area (Å²) in [5.41, 5.74) is 1.16. The van der Waals surface area contributed by atoms with E-state index in [1.165, 1.54) is 6.92 Å². The van der Waals surface area contributed by atoms with Crippen LogP contribution in [0.25, 0.3) is 0 Å². The average Bonchev–Trinajstić information content (AvgIpc) is 2.61. The fourth-order valence-corrected chi connectivity index (χ4v) is 3.80. The molecular formula is C25H38O4Si. The van der Waals surface area contributed by atoms with Crippen LogP contribution in [0.5, 0.6) is 0 Å². The second kappa shape index (κ2) is 11.9. The van der Waals surface area contributed by atoms with Gasteiger partial charge in [-0.1, -0.05) is 69.8 Å². The van der Waals surface area contributed by atoms with Gasteiger partial charge in [0.1, 0.15) is 0 Å². The van der Waals surface area contributed by atoms with E-state index >= 15 is 0 Å². The Morgan fingerprint density at radius 2 is 1.80 bits per heavy atom. The molecule has 1 aromatic rings. The SMILES string of the molecule is C=C/C=C(\CC(OC(C)=O)O[C@@H](CC=C)Cc1ccccc1)O[Si](C)(C)C(C)(C)C. The van der Waals surface area contributed by atoms with Crippen LogP contribution in [0.15, 0.2) is 67.5 Å². The van der Waals surface area contributed by atoms with Crippen molar-refractivity contribution in [3.05, 3.63) is 73.0 Å². The van der Waals surface area contributed by atoms with Crippen molar-refractivity contribution in [1.29, 1.82) is 0 Å². The lowest BCUT2D eigenvalue weighted by molar-refractivity contribution is -0.187. The molecule has 0 radical (unpaired) electrons. The Hall–Kier alpha value is -2.11. The number of carbonyl (C=O) groups excluding carboxylic acids is 1. The first kappa shape index (κ1) is 25.9. The predicted molar refractivity (Wildman–Crippen MR) is 127 cm³/mol. The first-order valence-electron chi connectivity index (χ1n) is 10.5. The molecule has 0 aliphatic heterocycles. The minimum atomic E-state index is -2.06. The highest BCUT2D eigenvalue weighted by molar-refractivity contribution is 6.74. The zero-order valence-electron chi connectivity index (χ0n) is 19.4. The lowest BCUT2D eigenvalue weighted by Crippen LogP contribution is -2.41. The normalized spacial score (nSPS) is 14.5. The van der Waals surface area contributed by atoms with Crippen LogP contribution in [0.4, 0.5) is 0 Å². The van der Waals surface area contributed by atoms with E-state index < -0.39 is 14.6 Å². The van der Waals surface area contributed by atoms with Gasteiger partial charge in [0.15, 0.2) is 0 Å². The summed E-state index contributed by atoms with van der Waals surface area (Å²) in [5.74, 6) is 0.335. The highest BCUT2D eigenvalue weighted by Gasteiger charge is 2.39. The molecule has 0 amide bonds. The molecule has 1 rings (SSSR count). The van der Waals surface area contributed by atoms with Crippen LogP contribution < -0.4 is 0 Å². The van der Waals surface area contributed by atoms with E-state index in [-0.39, 0.29) is 17.1 Å². The van der Waals surface area contributed by atoms with E-state index in [0.717, 1.165) is 11.3 Å². The third-order valence-electron chi connectivity index (χ3n) is 5.24. The van der Waals surface area contributed by atoms with Gasteiger partial charge in [0.05, 0.1) is 18.3 Å². The molecule has 166 valence electrons. The minimum Gasteiger partial charge on any atom is -0.546 e. The summed E-state index contributed by atoms with van der Waals surface area (Å²) in [6, 6.07) is 10.1. The van der Waals surface area contributed by atoms with Crippen LogP contribution in [-0.2, 0) is 25.1 Å². The number of allylic oxidation sites excluding steroid dienone is 2. The molecule has 0 aromatic heterocycles. The third-order valence-corrected chi connectivity index (χ3v) is 9.63. The average molecular weight is 431 g/mol. The van der Waals surface area contributed by atoms with Gasteiger partial charge in [-0.25, -0.2) is 0 Å². The number of hydrogen-bond acceptors (Lipinski definition) is 4. The fourth-order valence-electron chi connectivity index (χ4n) is 2.69. The molecule has 5 heteroatoms. The Kier molecular flexibility index (Phi) is 10.3. The zero-order valence-corrected chi connectivity index (χ0v) is 20.4. The number of benzene rings is 1. The van der Waals surface area contributed by atoms with Crippen LogP contribution in [-0.4, -0.2) is 26.7 Å². The largest absolute Gasteiger partial charge is 0.546 e. The van der Waals surface area contributed by atoms with Crippen LogP contribution in [0.2, 0.25) is 18.1 Å². The van der Waals surface area contributed by atoms with Gasteiger partial charge in [-0.05, 0) is 42.6 Å². The summed E-state index contributed by atoms with van der Waals surface area (Å²) in [7, 11) is -2.06. The van der Waals surface area contributed by atoms with Crippen LogP contribution in [0, 0.1) is 0 Å². The van der Waals surface area contributed by atoms with Gasteiger partial charge in [-0.15, -0.1) is 6.58 Å². The molecule has 1 unspecified atom stereocenters. The number of carbonyl (C=O) groups is 1. The fraction of sp³-hybridized carbons (Fsp3) is 0.480. The van der Waals surface area contributed by atoms with Gasteiger partial charge in [0.25, 0.3) is 0 Å². The lowest BCUT2D eigenvalue weighted by atomic mass is 10.1. The molecule has 0 heterocycles. The van der Waals surface area contributed by atoms with Crippen molar-refractivity contribution in [2.75, 3.05) is 0 Å². The molecule has 1 aromatic carbocycles. The van der Waals surface area contributed by atoms with E-state index in [1.807, 2.05) is 30.4 Å². The molecular weight excluding hydrogens is 392 g/mol. The van der Waals surface area contributed by atoms with Crippen LogP contribution >= 0.6 is 0 Å². The van der Waals surface area contributed by atoms with Crippen molar-refractivity contribution in [2.24, 2.45) is 0 Å². The van der Waals surface area contributed by atoms with Crippen LogP contribution in [0.3, 0.4) is 0 Å². The summed E-state index contributed by atoms with van der Waals surface area (Å²) < 4.78 is 18.2. The Morgan fingerprint density at radius 3 is 2.30 bits per heavy atom. The maximum Gasteiger partial charge on any atom is 0.304 e. The van der Waals surface area contributed by atoms with Crippen molar-refractivity contribution in [2.45, 2.75) is 77.5 Å². The Balaban J connectivity index is 3.01. The van der Waals surface area contributed by atoms with Gasteiger partial charge < -0.3 is 13.9 Å². The molecule has 0 spiro atoms. The number of ether oxygens (including phenoxy) is 2. The molecule has 0 saturated carbocycles. The van der Waals surface area contributed by atoms with Gasteiger partial charge >= 0.3 is 5.97 Å².